The summed E-state index contributed by atoms with van der Waals surface area (Å²) in [5.41, 5.74) is 2.54. The third kappa shape index (κ3) is 2.50. The van der Waals surface area contributed by atoms with E-state index in [1.807, 2.05) is 12.3 Å². The maximum atomic E-state index is 4.48. The molecular formula is C17H22N2. The van der Waals surface area contributed by atoms with E-state index in [-0.39, 0.29) is 0 Å². The topological polar surface area (TPSA) is 24.9 Å². The summed E-state index contributed by atoms with van der Waals surface area (Å²) in [4.78, 5) is 4.48. The van der Waals surface area contributed by atoms with Gasteiger partial charge in [0.15, 0.2) is 0 Å². The molecule has 100 valence electrons. The highest BCUT2D eigenvalue weighted by molar-refractivity contribution is 5.82. The molecule has 0 aliphatic heterocycles. The van der Waals surface area contributed by atoms with E-state index in [2.05, 4.69) is 41.5 Å². The first-order chi connectivity index (χ1) is 9.40. The first-order valence-corrected chi connectivity index (χ1v) is 7.47. The van der Waals surface area contributed by atoms with Crippen LogP contribution in [0.4, 0.5) is 0 Å². The maximum absolute atomic E-state index is 4.48. The van der Waals surface area contributed by atoms with Gasteiger partial charge in [-0.1, -0.05) is 38.0 Å². The van der Waals surface area contributed by atoms with Gasteiger partial charge in [0.05, 0.1) is 5.52 Å². The lowest BCUT2D eigenvalue weighted by atomic mass is 9.89. The minimum absolute atomic E-state index is 0.486. The molecule has 0 bridgehead atoms. The predicted octanol–water partition coefficient (Wildman–Crippen LogP) is 4.08. The quantitative estimate of drug-likeness (QED) is 0.889. The maximum Gasteiger partial charge on any atom is 0.0705 e. The normalized spacial score (nSPS) is 17.9. The highest BCUT2D eigenvalue weighted by Gasteiger charge is 2.26. The number of benzene rings is 1. The van der Waals surface area contributed by atoms with Gasteiger partial charge in [0, 0.05) is 17.6 Å². The summed E-state index contributed by atoms with van der Waals surface area (Å²) in [7, 11) is 0. The number of fused-ring (bicyclic) bond motifs is 1. The van der Waals surface area contributed by atoms with Crippen LogP contribution >= 0.6 is 0 Å². The molecule has 0 saturated heterocycles. The Kier molecular flexibility index (Phi) is 3.79. The van der Waals surface area contributed by atoms with Crippen LogP contribution in [0.3, 0.4) is 0 Å². The summed E-state index contributed by atoms with van der Waals surface area (Å²) in [6.07, 6.45) is 7.36. The molecule has 0 amide bonds. The van der Waals surface area contributed by atoms with Crippen molar-refractivity contribution in [2.24, 2.45) is 5.92 Å². The van der Waals surface area contributed by atoms with Crippen LogP contribution in [0.15, 0.2) is 36.5 Å². The minimum atomic E-state index is 0.486. The Morgan fingerprint density at radius 3 is 2.84 bits per heavy atom. The molecular weight excluding hydrogens is 232 g/mol. The van der Waals surface area contributed by atoms with Crippen molar-refractivity contribution in [1.82, 2.24) is 10.3 Å². The fraction of sp³-hybridized carbons (Fsp3) is 0.471. The average Bonchev–Trinajstić information content (AvgIpc) is 2.98. The largest absolute Gasteiger partial charge is 0.310 e. The van der Waals surface area contributed by atoms with Gasteiger partial charge in [-0.15, -0.1) is 0 Å². The Labute approximate surface area is 115 Å². The fourth-order valence-electron chi connectivity index (χ4n) is 3.44. The summed E-state index contributed by atoms with van der Waals surface area (Å²) in [6.45, 7) is 3.23. The zero-order valence-corrected chi connectivity index (χ0v) is 11.6. The van der Waals surface area contributed by atoms with Crippen molar-refractivity contribution in [3.05, 3.63) is 42.1 Å². The van der Waals surface area contributed by atoms with Gasteiger partial charge in [0.2, 0.25) is 0 Å². The van der Waals surface area contributed by atoms with Crippen LogP contribution in [-0.2, 0) is 0 Å². The Balaban J connectivity index is 2.03. The lowest BCUT2D eigenvalue weighted by Gasteiger charge is -2.26. The molecule has 1 heterocycles. The van der Waals surface area contributed by atoms with Crippen molar-refractivity contribution >= 4 is 10.9 Å². The number of pyridine rings is 1. The van der Waals surface area contributed by atoms with Gasteiger partial charge in [-0.2, -0.15) is 0 Å². The van der Waals surface area contributed by atoms with E-state index in [4.69, 9.17) is 0 Å². The lowest BCUT2D eigenvalue weighted by Crippen LogP contribution is -2.27. The standard InChI is InChI=1S/C17H22N2/c1-2-18-17(13-7-3-4-8-13)15-9-5-11-16-14(15)10-6-12-19-16/h5-6,9-13,17-18H,2-4,7-8H2,1H3. The van der Waals surface area contributed by atoms with E-state index >= 15 is 0 Å². The molecule has 1 aromatic heterocycles. The van der Waals surface area contributed by atoms with Crippen molar-refractivity contribution < 1.29 is 0 Å². The number of hydrogen-bond donors (Lipinski definition) is 1. The van der Waals surface area contributed by atoms with Crippen LogP contribution in [0.1, 0.15) is 44.2 Å². The number of rotatable bonds is 4. The molecule has 1 fully saturated rings. The Morgan fingerprint density at radius 1 is 1.21 bits per heavy atom. The second-order valence-corrected chi connectivity index (χ2v) is 5.50. The van der Waals surface area contributed by atoms with Crippen molar-refractivity contribution in [3.8, 4) is 0 Å². The van der Waals surface area contributed by atoms with Gasteiger partial charge in [-0.3, -0.25) is 4.98 Å². The van der Waals surface area contributed by atoms with Crippen LogP contribution in [0.25, 0.3) is 10.9 Å². The monoisotopic (exact) mass is 254 g/mol. The molecule has 3 rings (SSSR count). The molecule has 2 heteroatoms. The molecule has 19 heavy (non-hydrogen) atoms. The molecule has 0 spiro atoms. The molecule has 0 radical (unpaired) electrons. The summed E-state index contributed by atoms with van der Waals surface area (Å²) in [5, 5.41) is 5.01. The number of nitrogens with one attached hydrogen (secondary N) is 1. The Hall–Kier alpha value is -1.41. The van der Waals surface area contributed by atoms with Crippen LogP contribution in [0, 0.1) is 5.92 Å². The van der Waals surface area contributed by atoms with Gasteiger partial charge in [-0.25, -0.2) is 0 Å². The van der Waals surface area contributed by atoms with E-state index in [0.717, 1.165) is 18.0 Å². The number of aromatic nitrogens is 1. The molecule has 1 atom stereocenters. The lowest BCUT2D eigenvalue weighted by molar-refractivity contribution is 0.376. The van der Waals surface area contributed by atoms with Crippen molar-refractivity contribution in [3.63, 3.8) is 0 Å². The molecule has 1 unspecified atom stereocenters. The molecule has 2 aromatic rings. The van der Waals surface area contributed by atoms with Gasteiger partial charge in [-0.05, 0) is 43.0 Å². The predicted molar refractivity (Wildman–Crippen MR) is 80.1 cm³/mol. The third-order valence-corrected chi connectivity index (χ3v) is 4.31. The van der Waals surface area contributed by atoms with Crippen LogP contribution < -0.4 is 5.32 Å². The van der Waals surface area contributed by atoms with Gasteiger partial charge in [0.1, 0.15) is 0 Å². The van der Waals surface area contributed by atoms with E-state index in [1.165, 1.54) is 36.6 Å². The molecule has 1 aliphatic carbocycles. The first-order valence-electron chi connectivity index (χ1n) is 7.47. The van der Waals surface area contributed by atoms with E-state index in [1.54, 1.807) is 0 Å². The number of nitrogens with zero attached hydrogens (tertiary/aromatic N) is 1. The molecule has 1 aliphatic rings. The van der Waals surface area contributed by atoms with E-state index in [0.29, 0.717) is 6.04 Å². The van der Waals surface area contributed by atoms with Crippen LogP contribution in [0.2, 0.25) is 0 Å². The SMILES string of the molecule is CCNC(c1cccc2ncccc12)C1CCCC1. The van der Waals surface area contributed by atoms with Crippen LogP contribution in [-0.4, -0.2) is 11.5 Å². The zero-order valence-electron chi connectivity index (χ0n) is 11.6. The fourth-order valence-corrected chi connectivity index (χ4v) is 3.44. The van der Waals surface area contributed by atoms with Crippen LogP contribution in [0.5, 0.6) is 0 Å². The van der Waals surface area contributed by atoms with E-state index in [9.17, 15) is 0 Å². The Bertz CT molecular complexity index is 538. The summed E-state index contributed by atoms with van der Waals surface area (Å²) < 4.78 is 0. The van der Waals surface area contributed by atoms with Gasteiger partial charge in [0.25, 0.3) is 0 Å². The summed E-state index contributed by atoms with van der Waals surface area (Å²) in [5.74, 6) is 0.783. The third-order valence-electron chi connectivity index (χ3n) is 4.31. The molecule has 1 aromatic carbocycles. The summed E-state index contributed by atoms with van der Waals surface area (Å²) in [6, 6.07) is 11.3. The molecule has 2 nitrogen and oxygen atoms in total. The Morgan fingerprint density at radius 2 is 2.05 bits per heavy atom. The van der Waals surface area contributed by atoms with E-state index < -0.39 is 0 Å². The second-order valence-electron chi connectivity index (χ2n) is 5.50. The minimum Gasteiger partial charge on any atom is -0.310 e. The smallest absolute Gasteiger partial charge is 0.0705 e. The average molecular weight is 254 g/mol. The van der Waals surface area contributed by atoms with Gasteiger partial charge < -0.3 is 5.32 Å². The second kappa shape index (κ2) is 5.70. The van der Waals surface area contributed by atoms with Gasteiger partial charge >= 0.3 is 0 Å². The molecule has 1 saturated carbocycles. The highest BCUT2D eigenvalue weighted by atomic mass is 14.9. The first kappa shape index (κ1) is 12.6. The van der Waals surface area contributed by atoms with Crippen molar-refractivity contribution in [2.45, 2.75) is 38.6 Å². The van der Waals surface area contributed by atoms with Crippen molar-refractivity contribution in [2.75, 3.05) is 6.54 Å². The van der Waals surface area contributed by atoms with Crippen molar-refractivity contribution in [1.29, 1.82) is 0 Å². The molecule has 1 N–H and O–H groups in total. The zero-order chi connectivity index (χ0) is 13.1. The number of hydrogen-bond acceptors (Lipinski definition) is 2. The highest BCUT2D eigenvalue weighted by Crippen LogP contribution is 2.37. The summed E-state index contributed by atoms with van der Waals surface area (Å²) >= 11 is 0.